The van der Waals surface area contributed by atoms with Crippen LogP contribution in [0.5, 0.6) is 5.75 Å². The van der Waals surface area contributed by atoms with Crippen molar-refractivity contribution in [2.24, 2.45) is 0 Å². The highest BCUT2D eigenvalue weighted by atomic mass is 16.5. The number of aryl methyl sites for hydroxylation is 2. The highest BCUT2D eigenvalue weighted by Crippen LogP contribution is 2.37. The van der Waals surface area contributed by atoms with Crippen molar-refractivity contribution in [3.8, 4) is 5.75 Å². The van der Waals surface area contributed by atoms with Gasteiger partial charge in [-0.25, -0.2) is 0 Å². The van der Waals surface area contributed by atoms with Gasteiger partial charge in [0, 0.05) is 6.04 Å². The van der Waals surface area contributed by atoms with Gasteiger partial charge in [0.15, 0.2) is 0 Å². The summed E-state index contributed by atoms with van der Waals surface area (Å²) in [5, 5.41) is 3.40. The lowest BCUT2D eigenvalue weighted by Crippen LogP contribution is -2.21. The van der Waals surface area contributed by atoms with E-state index in [1.54, 1.807) is 7.11 Å². The third-order valence-corrected chi connectivity index (χ3v) is 4.06. The maximum atomic E-state index is 5.37. The van der Waals surface area contributed by atoms with E-state index in [1.165, 1.54) is 36.0 Å². The van der Waals surface area contributed by atoms with Gasteiger partial charge in [-0.1, -0.05) is 6.07 Å². The summed E-state index contributed by atoms with van der Waals surface area (Å²) < 4.78 is 5.37. The van der Waals surface area contributed by atoms with E-state index in [9.17, 15) is 0 Å². The molecule has 1 aliphatic carbocycles. The molecule has 2 unspecified atom stereocenters. The molecule has 2 heteroatoms. The SMILES string of the molecule is CNC1CCC(c2cc(C)c(OC)cc2C)C1. The van der Waals surface area contributed by atoms with Crippen LogP contribution in [-0.2, 0) is 0 Å². The minimum absolute atomic E-state index is 0.696. The van der Waals surface area contributed by atoms with Gasteiger partial charge in [0.2, 0.25) is 0 Å². The molecule has 0 aromatic heterocycles. The zero-order valence-corrected chi connectivity index (χ0v) is 11.3. The highest BCUT2D eigenvalue weighted by molar-refractivity contribution is 5.43. The van der Waals surface area contributed by atoms with Crippen molar-refractivity contribution < 1.29 is 4.74 Å². The van der Waals surface area contributed by atoms with Crippen molar-refractivity contribution in [2.45, 2.75) is 45.1 Å². The van der Waals surface area contributed by atoms with E-state index < -0.39 is 0 Å². The smallest absolute Gasteiger partial charge is 0.122 e. The minimum Gasteiger partial charge on any atom is -0.496 e. The number of rotatable bonds is 3. The monoisotopic (exact) mass is 233 g/mol. The Balaban J connectivity index is 2.24. The van der Waals surface area contributed by atoms with E-state index in [4.69, 9.17) is 4.74 Å². The van der Waals surface area contributed by atoms with Gasteiger partial charge < -0.3 is 10.1 Å². The molecule has 1 aromatic carbocycles. The average Bonchev–Trinajstić information content (AvgIpc) is 2.80. The van der Waals surface area contributed by atoms with Gasteiger partial charge in [0.1, 0.15) is 5.75 Å². The number of nitrogens with one attached hydrogen (secondary N) is 1. The lowest BCUT2D eigenvalue weighted by Gasteiger charge is -2.17. The fourth-order valence-electron chi connectivity index (χ4n) is 3.00. The van der Waals surface area contributed by atoms with E-state index in [2.05, 4.69) is 38.3 Å². The van der Waals surface area contributed by atoms with Gasteiger partial charge in [-0.15, -0.1) is 0 Å². The van der Waals surface area contributed by atoms with Crippen LogP contribution in [0, 0.1) is 13.8 Å². The van der Waals surface area contributed by atoms with E-state index in [1.807, 2.05) is 0 Å². The molecule has 1 N–H and O–H groups in total. The molecule has 2 rings (SSSR count). The number of ether oxygens (including phenoxy) is 1. The standard InChI is InChI=1S/C15H23NO/c1-10-8-15(17-4)11(2)7-14(10)12-5-6-13(9-12)16-3/h7-8,12-13,16H,5-6,9H2,1-4H3. The molecule has 0 radical (unpaired) electrons. The lowest BCUT2D eigenvalue weighted by molar-refractivity contribution is 0.411. The highest BCUT2D eigenvalue weighted by Gasteiger charge is 2.26. The van der Waals surface area contributed by atoms with Crippen LogP contribution >= 0.6 is 0 Å². The molecule has 2 atom stereocenters. The topological polar surface area (TPSA) is 21.3 Å². The zero-order chi connectivity index (χ0) is 12.4. The van der Waals surface area contributed by atoms with Gasteiger partial charge in [-0.3, -0.25) is 0 Å². The van der Waals surface area contributed by atoms with Crippen molar-refractivity contribution in [1.29, 1.82) is 0 Å². The van der Waals surface area contributed by atoms with Crippen LogP contribution in [0.4, 0.5) is 0 Å². The Morgan fingerprint density at radius 2 is 1.94 bits per heavy atom. The Bertz CT molecular complexity index is 400. The predicted molar refractivity (Wildman–Crippen MR) is 71.9 cm³/mol. The lowest BCUT2D eigenvalue weighted by atomic mass is 9.91. The summed E-state index contributed by atoms with van der Waals surface area (Å²) in [6.07, 6.45) is 3.87. The largest absolute Gasteiger partial charge is 0.496 e. The molecule has 0 bridgehead atoms. The summed E-state index contributed by atoms with van der Waals surface area (Å²) in [5.41, 5.74) is 4.14. The summed E-state index contributed by atoms with van der Waals surface area (Å²) in [4.78, 5) is 0. The molecule has 17 heavy (non-hydrogen) atoms. The third-order valence-electron chi connectivity index (χ3n) is 4.06. The van der Waals surface area contributed by atoms with Crippen molar-refractivity contribution in [1.82, 2.24) is 5.32 Å². The van der Waals surface area contributed by atoms with Crippen LogP contribution in [0.3, 0.4) is 0 Å². The molecular weight excluding hydrogens is 210 g/mol. The summed E-state index contributed by atoms with van der Waals surface area (Å²) in [5.74, 6) is 1.73. The summed E-state index contributed by atoms with van der Waals surface area (Å²) >= 11 is 0. The van der Waals surface area contributed by atoms with Gasteiger partial charge in [0.25, 0.3) is 0 Å². The van der Waals surface area contributed by atoms with E-state index in [0.29, 0.717) is 6.04 Å². The van der Waals surface area contributed by atoms with Crippen LogP contribution in [0.1, 0.15) is 41.9 Å². The van der Waals surface area contributed by atoms with Gasteiger partial charge in [-0.05, 0) is 68.8 Å². The molecule has 94 valence electrons. The Hall–Kier alpha value is -1.02. The number of hydrogen-bond donors (Lipinski definition) is 1. The molecule has 1 aliphatic rings. The van der Waals surface area contributed by atoms with Crippen LogP contribution in [-0.4, -0.2) is 20.2 Å². The molecule has 0 heterocycles. The summed E-state index contributed by atoms with van der Waals surface area (Å²) in [7, 11) is 3.81. The second-order valence-corrected chi connectivity index (χ2v) is 5.17. The fourth-order valence-corrected chi connectivity index (χ4v) is 3.00. The first kappa shape index (κ1) is 12.4. The molecule has 0 saturated heterocycles. The maximum absolute atomic E-state index is 5.37. The van der Waals surface area contributed by atoms with Crippen LogP contribution in [0.25, 0.3) is 0 Å². The maximum Gasteiger partial charge on any atom is 0.122 e. The zero-order valence-electron chi connectivity index (χ0n) is 11.3. The number of hydrogen-bond acceptors (Lipinski definition) is 2. The molecule has 2 nitrogen and oxygen atoms in total. The van der Waals surface area contributed by atoms with Gasteiger partial charge in [-0.2, -0.15) is 0 Å². The normalized spacial score (nSPS) is 24.0. The predicted octanol–water partition coefficient (Wildman–Crippen LogP) is 3.17. The van der Waals surface area contributed by atoms with Crippen molar-refractivity contribution >= 4 is 0 Å². The Labute approximate surface area is 104 Å². The molecule has 0 aliphatic heterocycles. The van der Waals surface area contributed by atoms with Crippen molar-refractivity contribution in [3.05, 3.63) is 28.8 Å². The first-order chi connectivity index (χ1) is 8.15. The van der Waals surface area contributed by atoms with Crippen LogP contribution in [0.15, 0.2) is 12.1 Å². The molecule has 1 saturated carbocycles. The average molecular weight is 233 g/mol. The fraction of sp³-hybridized carbons (Fsp3) is 0.600. The molecule has 0 spiro atoms. The Morgan fingerprint density at radius 3 is 2.53 bits per heavy atom. The molecule has 1 fully saturated rings. The van der Waals surface area contributed by atoms with Crippen LogP contribution in [0.2, 0.25) is 0 Å². The third kappa shape index (κ3) is 2.47. The van der Waals surface area contributed by atoms with Gasteiger partial charge >= 0.3 is 0 Å². The number of benzene rings is 1. The number of methoxy groups -OCH3 is 1. The van der Waals surface area contributed by atoms with Crippen LogP contribution < -0.4 is 10.1 Å². The first-order valence-electron chi connectivity index (χ1n) is 6.48. The second kappa shape index (κ2) is 5.09. The Kier molecular flexibility index (Phi) is 3.72. The van der Waals surface area contributed by atoms with E-state index in [0.717, 1.165) is 11.7 Å². The van der Waals surface area contributed by atoms with E-state index >= 15 is 0 Å². The van der Waals surface area contributed by atoms with Crippen molar-refractivity contribution in [2.75, 3.05) is 14.2 Å². The summed E-state index contributed by atoms with van der Waals surface area (Å²) in [6, 6.07) is 5.19. The van der Waals surface area contributed by atoms with Gasteiger partial charge in [0.05, 0.1) is 7.11 Å². The quantitative estimate of drug-likeness (QED) is 0.866. The van der Waals surface area contributed by atoms with E-state index in [-0.39, 0.29) is 0 Å². The molecular formula is C15H23NO. The Morgan fingerprint density at radius 1 is 1.18 bits per heavy atom. The first-order valence-corrected chi connectivity index (χ1v) is 6.48. The van der Waals surface area contributed by atoms with Crippen molar-refractivity contribution in [3.63, 3.8) is 0 Å². The molecule has 0 amide bonds. The minimum atomic E-state index is 0.696. The second-order valence-electron chi connectivity index (χ2n) is 5.17. The summed E-state index contributed by atoms with van der Waals surface area (Å²) in [6.45, 7) is 4.33. The molecule has 1 aromatic rings.